The Labute approximate surface area is 172 Å². The molecule has 154 valence electrons. The standard InChI is InChI=1S/C22H27N3O3S/c1-17-10-5-6-13-21(17)23-18(2)24-22(26)19-11-9-12-20(16-19)29(27,28)25-14-7-3-4-8-15-25/h5-6,9-13,16H,3-4,7-8,14-15H2,1-2H3,(H,23,24,26). The summed E-state index contributed by atoms with van der Waals surface area (Å²) in [6.07, 6.45) is 3.84. The highest BCUT2D eigenvalue weighted by Gasteiger charge is 2.25. The maximum atomic E-state index is 13.0. The number of nitrogens with one attached hydrogen (secondary N) is 1. The van der Waals surface area contributed by atoms with Gasteiger partial charge >= 0.3 is 0 Å². The first-order valence-corrected chi connectivity index (χ1v) is 11.3. The molecule has 1 saturated heterocycles. The quantitative estimate of drug-likeness (QED) is 0.607. The zero-order valence-corrected chi connectivity index (χ0v) is 17.7. The van der Waals surface area contributed by atoms with Crippen molar-refractivity contribution in [3.05, 3.63) is 59.7 Å². The minimum absolute atomic E-state index is 0.153. The number of carbonyl (C=O) groups excluding carboxylic acids is 1. The molecule has 3 rings (SSSR count). The molecular formula is C22H27N3O3S. The third kappa shape index (κ3) is 5.31. The summed E-state index contributed by atoms with van der Waals surface area (Å²) in [5.41, 5.74) is 2.08. The van der Waals surface area contributed by atoms with Crippen LogP contribution in [0.4, 0.5) is 5.69 Å². The molecule has 2 aromatic rings. The zero-order valence-electron chi connectivity index (χ0n) is 16.9. The number of sulfonamides is 1. The van der Waals surface area contributed by atoms with Crippen molar-refractivity contribution < 1.29 is 13.2 Å². The molecule has 0 bridgehead atoms. The highest BCUT2D eigenvalue weighted by atomic mass is 32.2. The second-order valence-corrected chi connectivity index (χ2v) is 9.22. The Morgan fingerprint density at radius 3 is 2.38 bits per heavy atom. The van der Waals surface area contributed by atoms with E-state index in [1.54, 1.807) is 25.1 Å². The molecule has 0 radical (unpaired) electrons. The maximum Gasteiger partial charge on any atom is 0.256 e. The van der Waals surface area contributed by atoms with Crippen molar-refractivity contribution in [2.24, 2.45) is 4.99 Å². The van der Waals surface area contributed by atoms with Crippen LogP contribution in [0.3, 0.4) is 0 Å². The molecule has 1 heterocycles. The Hall–Kier alpha value is -2.51. The van der Waals surface area contributed by atoms with E-state index in [0.29, 0.717) is 24.5 Å². The van der Waals surface area contributed by atoms with E-state index in [2.05, 4.69) is 10.3 Å². The lowest BCUT2D eigenvalue weighted by Crippen LogP contribution is -2.32. The van der Waals surface area contributed by atoms with Gasteiger partial charge in [-0.05, 0) is 56.5 Å². The number of rotatable bonds is 4. The van der Waals surface area contributed by atoms with E-state index in [4.69, 9.17) is 0 Å². The molecule has 0 spiro atoms. The van der Waals surface area contributed by atoms with Gasteiger partial charge in [0.1, 0.15) is 5.84 Å². The fraction of sp³-hybridized carbons (Fsp3) is 0.364. The molecule has 6 nitrogen and oxygen atoms in total. The molecule has 1 fully saturated rings. The van der Waals surface area contributed by atoms with Gasteiger partial charge in [0, 0.05) is 18.7 Å². The number of aliphatic imine (C=N–C) groups is 1. The third-order valence-electron chi connectivity index (χ3n) is 5.00. The van der Waals surface area contributed by atoms with E-state index in [1.807, 2.05) is 31.2 Å². The van der Waals surface area contributed by atoms with Crippen LogP contribution in [0.25, 0.3) is 0 Å². The number of hydrogen-bond donors (Lipinski definition) is 1. The van der Waals surface area contributed by atoms with Crippen LogP contribution in [0.5, 0.6) is 0 Å². The Balaban J connectivity index is 1.78. The largest absolute Gasteiger partial charge is 0.310 e. The normalized spacial score (nSPS) is 16.3. The lowest BCUT2D eigenvalue weighted by molar-refractivity contribution is 0.0976. The van der Waals surface area contributed by atoms with Gasteiger partial charge in [-0.25, -0.2) is 13.4 Å². The number of para-hydroxylation sites is 1. The summed E-state index contributed by atoms with van der Waals surface area (Å²) in [5.74, 6) is 0.0674. The van der Waals surface area contributed by atoms with Gasteiger partial charge in [-0.2, -0.15) is 4.31 Å². The van der Waals surface area contributed by atoms with Crippen LogP contribution in [0, 0.1) is 6.92 Å². The fourth-order valence-corrected chi connectivity index (χ4v) is 4.93. The summed E-state index contributed by atoms with van der Waals surface area (Å²) in [7, 11) is -3.60. The molecule has 1 aliphatic heterocycles. The molecule has 0 atom stereocenters. The molecule has 0 saturated carbocycles. The maximum absolute atomic E-state index is 13.0. The van der Waals surface area contributed by atoms with Gasteiger partial charge in [0.25, 0.3) is 5.91 Å². The second kappa shape index (κ2) is 9.33. The lowest BCUT2D eigenvalue weighted by atomic mass is 10.2. The Bertz CT molecular complexity index is 1010. The summed E-state index contributed by atoms with van der Waals surface area (Å²) in [5, 5.41) is 2.74. The van der Waals surface area contributed by atoms with Crippen LogP contribution >= 0.6 is 0 Å². The SMILES string of the molecule is C/C(=N\c1ccccc1C)NC(=O)c1cccc(S(=O)(=O)N2CCCCCC2)c1. The van der Waals surface area contributed by atoms with Crippen LogP contribution in [-0.4, -0.2) is 37.6 Å². The molecule has 1 N–H and O–H groups in total. The highest BCUT2D eigenvalue weighted by Crippen LogP contribution is 2.21. The predicted molar refractivity (Wildman–Crippen MR) is 115 cm³/mol. The van der Waals surface area contributed by atoms with E-state index in [0.717, 1.165) is 36.9 Å². The fourth-order valence-electron chi connectivity index (χ4n) is 3.36. The van der Waals surface area contributed by atoms with Crippen molar-refractivity contribution in [1.82, 2.24) is 9.62 Å². The van der Waals surface area contributed by atoms with Crippen molar-refractivity contribution in [2.45, 2.75) is 44.4 Å². The van der Waals surface area contributed by atoms with E-state index < -0.39 is 10.0 Å². The van der Waals surface area contributed by atoms with Crippen molar-refractivity contribution in [3.63, 3.8) is 0 Å². The summed E-state index contributed by atoms with van der Waals surface area (Å²) in [6, 6.07) is 13.8. The highest BCUT2D eigenvalue weighted by molar-refractivity contribution is 7.89. The molecule has 0 aromatic heterocycles. The summed E-state index contributed by atoms with van der Waals surface area (Å²) in [6.45, 7) is 4.72. The van der Waals surface area contributed by atoms with Crippen LogP contribution in [0.1, 0.15) is 48.5 Å². The Morgan fingerprint density at radius 2 is 1.69 bits per heavy atom. The monoisotopic (exact) mass is 413 g/mol. The van der Waals surface area contributed by atoms with Crippen LogP contribution < -0.4 is 5.32 Å². The van der Waals surface area contributed by atoms with Gasteiger partial charge in [0.05, 0.1) is 10.6 Å². The average molecular weight is 414 g/mol. The number of nitrogens with zero attached hydrogens (tertiary/aromatic N) is 2. The molecular weight excluding hydrogens is 386 g/mol. The first-order chi connectivity index (χ1) is 13.9. The molecule has 0 aliphatic carbocycles. The first-order valence-electron chi connectivity index (χ1n) is 9.90. The number of amides is 1. The van der Waals surface area contributed by atoms with Gasteiger partial charge in [-0.15, -0.1) is 0 Å². The van der Waals surface area contributed by atoms with Crippen LogP contribution in [-0.2, 0) is 10.0 Å². The summed E-state index contributed by atoms with van der Waals surface area (Å²) >= 11 is 0. The van der Waals surface area contributed by atoms with Crippen molar-refractivity contribution in [2.75, 3.05) is 13.1 Å². The molecule has 2 aromatic carbocycles. The number of carbonyl (C=O) groups is 1. The number of amidine groups is 1. The van der Waals surface area contributed by atoms with Gasteiger partial charge in [0.2, 0.25) is 10.0 Å². The molecule has 29 heavy (non-hydrogen) atoms. The first kappa shape index (κ1) is 21.2. The predicted octanol–water partition coefficient (Wildman–Crippen LogP) is 4.04. The molecule has 7 heteroatoms. The van der Waals surface area contributed by atoms with E-state index >= 15 is 0 Å². The number of hydrogen-bond acceptors (Lipinski definition) is 4. The van der Waals surface area contributed by atoms with Crippen molar-refractivity contribution in [1.29, 1.82) is 0 Å². The summed E-state index contributed by atoms with van der Waals surface area (Å²) in [4.78, 5) is 17.2. The van der Waals surface area contributed by atoms with Crippen molar-refractivity contribution >= 4 is 27.5 Å². The minimum Gasteiger partial charge on any atom is -0.310 e. The smallest absolute Gasteiger partial charge is 0.256 e. The van der Waals surface area contributed by atoms with Gasteiger partial charge < -0.3 is 5.32 Å². The second-order valence-electron chi connectivity index (χ2n) is 7.28. The molecule has 1 amide bonds. The van der Waals surface area contributed by atoms with E-state index in [-0.39, 0.29) is 10.8 Å². The van der Waals surface area contributed by atoms with E-state index in [9.17, 15) is 13.2 Å². The molecule has 1 aliphatic rings. The Morgan fingerprint density at radius 1 is 1.00 bits per heavy atom. The van der Waals surface area contributed by atoms with Crippen LogP contribution in [0.15, 0.2) is 58.4 Å². The van der Waals surface area contributed by atoms with Gasteiger partial charge in [-0.1, -0.05) is 37.1 Å². The number of benzene rings is 2. The third-order valence-corrected chi connectivity index (χ3v) is 6.89. The van der Waals surface area contributed by atoms with Gasteiger partial charge in [-0.3, -0.25) is 4.79 Å². The lowest BCUT2D eigenvalue weighted by Gasteiger charge is -2.20. The Kier molecular flexibility index (Phi) is 6.82. The topological polar surface area (TPSA) is 78.8 Å². The molecule has 0 unspecified atom stereocenters. The average Bonchev–Trinajstić information content (AvgIpc) is 3.00. The summed E-state index contributed by atoms with van der Waals surface area (Å²) < 4.78 is 27.5. The zero-order chi connectivity index (χ0) is 20.9. The van der Waals surface area contributed by atoms with Crippen molar-refractivity contribution in [3.8, 4) is 0 Å². The minimum atomic E-state index is -3.60. The number of aryl methyl sites for hydroxylation is 1. The van der Waals surface area contributed by atoms with Crippen LogP contribution in [0.2, 0.25) is 0 Å². The van der Waals surface area contributed by atoms with E-state index in [1.165, 1.54) is 10.4 Å². The van der Waals surface area contributed by atoms with Gasteiger partial charge in [0.15, 0.2) is 0 Å².